The first-order valence-corrected chi connectivity index (χ1v) is 15.2. The third kappa shape index (κ3) is 5.24. The van der Waals surface area contributed by atoms with Crippen LogP contribution < -0.4 is 15.0 Å². The van der Waals surface area contributed by atoms with Crippen LogP contribution >= 0.6 is 0 Å². The van der Waals surface area contributed by atoms with Crippen molar-refractivity contribution >= 4 is 33.5 Å². The van der Waals surface area contributed by atoms with Gasteiger partial charge in [-0.3, -0.25) is 4.79 Å². The molecule has 0 spiro atoms. The molecule has 6 rings (SSSR count). The number of carbonyl (C=O) groups excluding carboxylic acids is 1. The zero-order valence-electron chi connectivity index (χ0n) is 24.5. The van der Waals surface area contributed by atoms with Gasteiger partial charge < -0.3 is 15.0 Å². The molecule has 0 saturated carbocycles. The molecule has 41 heavy (non-hydrogen) atoms. The number of nitrogens with one attached hydrogen (secondary N) is 1. The van der Waals surface area contributed by atoms with Gasteiger partial charge in [0.2, 0.25) is 0 Å². The average Bonchev–Trinajstić information content (AvgIpc) is 3.01. The van der Waals surface area contributed by atoms with Gasteiger partial charge >= 0.3 is 0 Å². The van der Waals surface area contributed by atoms with Crippen molar-refractivity contribution in [1.29, 1.82) is 0 Å². The number of unbranched alkanes of at least 4 members (excludes halogenated alkanes) is 1. The Morgan fingerprint density at radius 3 is 2.29 bits per heavy atom. The van der Waals surface area contributed by atoms with Crippen molar-refractivity contribution in [3.63, 3.8) is 0 Å². The number of anilines is 2. The Bertz CT molecular complexity index is 1570. The lowest BCUT2D eigenvalue weighted by Crippen LogP contribution is -2.29. The van der Waals surface area contributed by atoms with Gasteiger partial charge in [0.25, 0.3) is 0 Å². The molecule has 2 atom stereocenters. The number of rotatable bonds is 9. The summed E-state index contributed by atoms with van der Waals surface area (Å²) in [5.41, 5.74) is 7.96. The maximum Gasteiger partial charge on any atom is 0.162 e. The minimum absolute atomic E-state index is 0.140. The summed E-state index contributed by atoms with van der Waals surface area (Å²) in [4.78, 5) is 16.5. The van der Waals surface area contributed by atoms with Gasteiger partial charge in [-0.25, -0.2) is 0 Å². The van der Waals surface area contributed by atoms with Gasteiger partial charge in [0.05, 0.1) is 12.6 Å². The van der Waals surface area contributed by atoms with Crippen LogP contribution in [0.4, 0.5) is 11.4 Å². The van der Waals surface area contributed by atoms with E-state index in [1.54, 1.807) is 0 Å². The lowest BCUT2D eigenvalue weighted by Gasteiger charge is -2.37. The molecule has 0 bridgehead atoms. The molecule has 4 aromatic rings. The van der Waals surface area contributed by atoms with Gasteiger partial charge in [-0.2, -0.15) is 0 Å². The second kappa shape index (κ2) is 11.8. The number of Topliss-reactive ketones (excluding diaryl/α,β-unsaturated/α-hetero) is 1. The van der Waals surface area contributed by atoms with Crippen LogP contribution in [-0.2, 0) is 4.79 Å². The zero-order valence-corrected chi connectivity index (χ0v) is 24.5. The summed E-state index contributed by atoms with van der Waals surface area (Å²) in [6.45, 7) is 9.22. The molecule has 4 nitrogen and oxygen atoms in total. The first kappa shape index (κ1) is 27.1. The summed E-state index contributed by atoms with van der Waals surface area (Å²) >= 11 is 0. The Morgan fingerprint density at radius 2 is 1.56 bits per heavy atom. The molecule has 0 fully saturated rings. The van der Waals surface area contributed by atoms with Crippen LogP contribution in [0.5, 0.6) is 5.75 Å². The smallest absolute Gasteiger partial charge is 0.162 e. The minimum atomic E-state index is -0.160. The van der Waals surface area contributed by atoms with E-state index in [9.17, 15) is 4.79 Å². The number of allylic oxidation sites excluding steroid dienone is 1. The highest BCUT2D eigenvalue weighted by molar-refractivity contribution is 6.13. The Kier molecular flexibility index (Phi) is 7.82. The Balaban J connectivity index is 1.40. The van der Waals surface area contributed by atoms with Gasteiger partial charge in [-0.05, 0) is 90.4 Å². The highest BCUT2D eigenvalue weighted by Gasteiger charge is 2.38. The molecule has 2 aliphatic rings. The van der Waals surface area contributed by atoms with E-state index in [1.807, 2.05) is 0 Å². The van der Waals surface area contributed by atoms with Crippen LogP contribution in [0, 0.1) is 0 Å². The number of nitrogens with zero attached hydrogens (tertiary/aromatic N) is 1. The highest BCUT2D eigenvalue weighted by Crippen LogP contribution is 2.51. The summed E-state index contributed by atoms with van der Waals surface area (Å²) in [5, 5.41) is 6.19. The molecule has 0 unspecified atom stereocenters. The molecule has 4 heteroatoms. The Labute approximate surface area is 244 Å². The highest BCUT2D eigenvalue weighted by atomic mass is 16.5. The topological polar surface area (TPSA) is 41.6 Å². The number of carbonyl (C=O) groups is 1. The van der Waals surface area contributed by atoms with Crippen LogP contribution in [0.1, 0.15) is 75.1 Å². The van der Waals surface area contributed by atoms with E-state index in [4.69, 9.17) is 4.74 Å². The van der Waals surface area contributed by atoms with Crippen LogP contribution in [0.2, 0.25) is 0 Å². The molecule has 1 heterocycles. The van der Waals surface area contributed by atoms with Gasteiger partial charge in [0.15, 0.2) is 5.78 Å². The largest absolute Gasteiger partial charge is 0.494 e. The standard InChI is InChI=1S/C37H40N2O2/c1-4-7-22-41-30-19-14-25(15-20-30)28-23-32-35-31-11-9-8-10-26(31)16-21-33(35)38-37(36(32)34(40)24-28)27-12-17-29(18-13-27)39(5-2)6-3/h8-21,28,37-38H,4-7,22-24H2,1-3H3/t28-,37+/m1/s1. The van der Waals surface area contributed by atoms with Crippen molar-refractivity contribution in [3.05, 3.63) is 107 Å². The van der Waals surface area contributed by atoms with Crippen molar-refractivity contribution in [2.24, 2.45) is 0 Å². The quantitative estimate of drug-likeness (QED) is 0.214. The van der Waals surface area contributed by atoms with Crippen LogP contribution in [-0.4, -0.2) is 25.5 Å². The van der Waals surface area contributed by atoms with Gasteiger partial charge in [-0.15, -0.1) is 0 Å². The van der Waals surface area contributed by atoms with Crippen LogP contribution in [0.15, 0.2) is 90.5 Å². The molecule has 0 amide bonds. The molecule has 0 radical (unpaired) electrons. The SMILES string of the molecule is CCCCOc1ccc([C@H]2CC(=O)C3=C(C2)c2c(ccc4ccccc24)N[C@H]3c2ccc(N(CC)CC)cc2)cc1. The van der Waals surface area contributed by atoms with E-state index in [0.717, 1.165) is 61.5 Å². The summed E-state index contributed by atoms with van der Waals surface area (Å²) in [7, 11) is 0. The summed E-state index contributed by atoms with van der Waals surface area (Å²) < 4.78 is 5.90. The van der Waals surface area contributed by atoms with Gasteiger partial charge in [0.1, 0.15) is 5.75 Å². The fraction of sp³-hybridized carbons (Fsp3) is 0.324. The fourth-order valence-electron chi connectivity index (χ4n) is 6.57. The van der Waals surface area contributed by atoms with Crippen LogP contribution in [0.25, 0.3) is 16.3 Å². The lowest BCUT2D eigenvalue weighted by atomic mass is 9.71. The molecule has 1 aliphatic carbocycles. The number of fused-ring (bicyclic) bond motifs is 4. The first-order valence-electron chi connectivity index (χ1n) is 15.2. The van der Waals surface area contributed by atoms with Crippen molar-refractivity contribution < 1.29 is 9.53 Å². The summed E-state index contributed by atoms with van der Waals surface area (Å²) in [5.74, 6) is 1.28. The van der Waals surface area contributed by atoms with Crippen LogP contribution in [0.3, 0.4) is 0 Å². The normalized spacial score (nSPS) is 18.1. The number of hydrogen-bond acceptors (Lipinski definition) is 4. The van der Waals surface area contributed by atoms with Crippen molar-refractivity contribution in [2.45, 2.75) is 58.4 Å². The number of ether oxygens (including phenoxy) is 1. The van der Waals surface area contributed by atoms with Gasteiger partial charge in [0, 0.05) is 42.0 Å². The van der Waals surface area contributed by atoms with Crippen molar-refractivity contribution in [3.8, 4) is 5.75 Å². The third-order valence-electron chi connectivity index (χ3n) is 8.80. The minimum Gasteiger partial charge on any atom is -0.494 e. The third-order valence-corrected chi connectivity index (χ3v) is 8.80. The summed E-state index contributed by atoms with van der Waals surface area (Å²) in [6, 6.07) is 29.9. The molecule has 0 aromatic heterocycles. The number of benzene rings is 4. The number of hydrogen-bond donors (Lipinski definition) is 1. The molecular weight excluding hydrogens is 504 g/mol. The monoisotopic (exact) mass is 544 g/mol. The predicted molar refractivity (Wildman–Crippen MR) is 171 cm³/mol. The molecular formula is C37H40N2O2. The van der Waals surface area contributed by atoms with E-state index < -0.39 is 0 Å². The Morgan fingerprint density at radius 1 is 0.829 bits per heavy atom. The van der Waals surface area contributed by atoms with E-state index in [1.165, 1.54) is 33.2 Å². The maximum absolute atomic E-state index is 14.1. The van der Waals surface area contributed by atoms with Crippen molar-refractivity contribution in [1.82, 2.24) is 0 Å². The average molecular weight is 545 g/mol. The first-order chi connectivity index (χ1) is 20.1. The molecule has 4 aromatic carbocycles. The lowest BCUT2D eigenvalue weighted by molar-refractivity contribution is -0.116. The van der Waals surface area contributed by atoms with E-state index in [0.29, 0.717) is 6.42 Å². The van der Waals surface area contributed by atoms with E-state index in [-0.39, 0.29) is 17.7 Å². The summed E-state index contributed by atoms with van der Waals surface area (Å²) in [6.07, 6.45) is 3.53. The molecule has 0 saturated heterocycles. The van der Waals surface area contributed by atoms with E-state index in [2.05, 4.69) is 116 Å². The van der Waals surface area contributed by atoms with Crippen molar-refractivity contribution in [2.75, 3.05) is 29.9 Å². The second-order valence-corrected chi connectivity index (χ2v) is 11.2. The Hall–Kier alpha value is -4.05. The fourth-order valence-corrected chi connectivity index (χ4v) is 6.57. The predicted octanol–water partition coefficient (Wildman–Crippen LogP) is 8.93. The zero-order chi connectivity index (χ0) is 28.3. The van der Waals surface area contributed by atoms with E-state index >= 15 is 0 Å². The molecule has 1 aliphatic heterocycles. The maximum atomic E-state index is 14.1. The van der Waals surface area contributed by atoms with Gasteiger partial charge in [-0.1, -0.05) is 67.9 Å². The number of ketones is 1. The second-order valence-electron chi connectivity index (χ2n) is 11.2. The molecule has 1 N–H and O–H groups in total. The molecule has 210 valence electrons.